The second kappa shape index (κ2) is 6.34. The molecule has 1 fully saturated rings. The van der Waals surface area contributed by atoms with Crippen molar-refractivity contribution in [3.8, 4) is 0 Å². The molecule has 6 heteroatoms. The SMILES string of the molecule is O=C(c1ccc(C(F)(F)F)cc1)N1CCc2ccc(N3CCCC3)cc21. The minimum atomic E-state index is -4.40. The van der Waals surface area contributed by atoms with Crippen molar-refractivity contribution in [2.24, 2.45) is 0 Å². The number of anilines is 2. The molecule has 2 aliphatic rings. The summed E-state index contributed by atoms with van der Waals surface area (Å²) in [5, 5.41) is 0. The third-order valence-corrected chi connectivity index (χ3v) is 5.14. The number of carbonyl (C=O) groups is 1. The van der Waals surface area contributed by atoms with Crippen molar-refractivity contribution >= 4 is 17.3 Å². The summed E-state index contributed by atoms with van der Waals surface area (Å²) >= 11 is 0. The predicted octanol–water partition coefficient (Wildman–Crippen LogP) is 4.51. The molecule has 0 aromatic heterocycles. The van der Waals surface area contributed by atoms with Gasteiger partial charge >= 0.3 is 6.18 Å². The number of alkyl halides is 3. The number of amides is 1. The fourth-order valence-electron chi connectivity index (χ4n) is 3.71. The number of rotatable bonds is 2. The first-order valence-electron chi connectivity index (χ1n) is 8.80. The van der Waals surface area contributed by atoms with Gasteiger partial charge < -0.3 is 9.80 Å². The fourth-order valence-corrected chi connectivity index (χ4v) is 3.71. The lowest BCUT2D eigenvalue weighted by atomic mass is 10.1. The van der Waals surface area contributed by atoms with Crippen molar-refractivity contribution in [2.45, 2.75) is 25.4 Å². The molecule has 0 radical (unpaired) electrons. The first kappa shape index (κ1) is 16.9. The average Bonchev–Trinajstić information content (AvgIpc) is 3.29. The van der Waals surface area contributed by atoms with Crippen LogP contribution < -0.4 is 9.80 Å². The number of fused-ring (bicyclic) bond motifs is 1. The van der Waals surface area contributed by atoms with Gasteiger partial charge in [0.1, 0.15) is 0 Å². The maximum Gasteiger partial charge on any atom is 0.416 e. The number of nitrogens with zero attached hydrogens (tertiary/aromatic N) is 2. The van der Waals surface area contributed by atoms with Gasteiger partial charge in [0.15, 0.2) is 0 Å². The molecule has 2 heterocycles. The van der Waals surface area contributed by atoms with Crippen LogP contribution in [0, 0.1) is 0 Å². The molecular weight excluding hydrogens is 341 g/mol. The summed E-state index contributed by atoms with van der Waals surface area (Å²) in [5.74, 6) is -0.254. The Morgan fingerprint density at radius 1 is 0.923 bits per heavy atom. The van der Waals surface area contributed by atoms with Crippen molar-refractivity contribution in [1.82, 2.24) is 0 Å². The van der Waals surface area contributed by atoms with Crippen LogP contribution in [0.5, 0.6) is 0 Å². The van der Waals surface area contributed by atoms with Crippen LogP contribution in [0.25, 0.3) is 0 Å². The van der Waals surface area contributed by atoms with Crippen LogP contribution >= 0.6 is 0 Å². The lowest BCUT2D eigenvalue weighted by Gasteiger charge is -2.22. The first-order valence-corrected chi connectivity index (χ1v) is 8.80. The lowest BCUT2D eigenvalue weighted by Crippen LogP contribution is -2.29. The van der Waals surface area contributed by atoms with E-state index in [1.54, 1.807) is 4.90 Å². The normalized spacial score (nSPS) is 16.9. The standard InChI is InChI=1S/C20H19F3N2O/c21-20(22,23)16-6-3-15(4-7-16)19(26)25-12-9-14-5-8-17(13-18(14)25)24-10-1-2-11-24/h3-8,13H,1-2,9-12H2. The Morgan fingerprint density at radius 2 is 1.62 bits per heavy atom. The smallest absolute Gasteiger partial charge is 0.371 e. The highest BCUT2D eigenvalue weighted by atomic mass is 19.4. The zero-order valence-corrected chi connectivity index (χ0v) is 14.2. The van der Waals surface area contributed by atoms with E-state index >= 15 is 0 Å². The van der Waals surface area contributed by atoms with Gasteiger partial charge in [-0.15, -0.1) is 0 Å². The fraction of sp³-hybridized carbons (Fsp3) is 0.350. The molecule has 0 aliphatic carbocycles. The molecule has 0 bridgehead atoms. The number of carbonyl (C=O) groups excluding carboxylic acids is 1. The molecule has 26 heavy (non-hydrogen) atoms. The third kappa shape index (κ3) is 3.04. The van der Waals surface area contributed by atoms with Crippen LogP contribution in [0.3, 0.4) is 0 Å². The molecule has 0 saturated carbocycles. The summed E-state index contributed by atoms with van der Waals surface area (Å²) in [6, 6.07) is 10.6. The van der Waals surface area contributed by atoms with Crippen LogP contribution in [0.15, 0.2) is 42.5 Å². The predicted molar refractivity (Wildman–Crippen MR) is 94.7 cm³/mol. The van der Waals surface area contributed by atoms with Crippen molar-refractivity contribution in [1.29, 1.82) is 0 Å². The van der Waals surface area contributed by atoms with Crippen LogP contribution in [0.4, 0.5) is 24.5 Å². The van der Waals surface area contributed by atoms with Gasteiger partial charge in [-0.25, -0.2) is 0 Å². The van der Waals surface area contributed by atoms with E-state index in [9.17, 15) is 18.0 Å². The molecule has 0 N–H and O–H groups in total. The van der Waals surface area contributed by atoms with Gasteiger partial charge in [-0.05, 0) is 61.2 Å². The molecule has 2 aromatic rings. The molecule has 1 saturated heterocycles. The Kier molecular flexibility index (Phi) is 4.13. The first-order chi connectivity index (χ1) is 12.4. The van der Waals surface area contributed by atoms with Gasteiger partial charge in [-0.1, -0.05) is 6.07 Å². The van der Waals surface area contributed by atoms with Gasteiger partial charge in [0.05, 0.1) is 5.56 Å². The second-order valence-electron chi connectivity index (χ2n) is 6.79. The number of halogens is 3. The molecular formula is C20H19F3N2O. The van der Waals surface area contributed by atoms with Crippen molar-refractivity contribution in [2.75, 3.05) is 29.4 Å². The molecule has 2 aliphatic heterocycles. The molecule has 4 rings (SSSR count). The Balaban J connectivity index is 1.60. The van der Waals surface area contributed by atoms with E-state index < -0.39 is 11.7 Å². The number of hydrogen-bond acceptors (Lipinski definition) is 2. The highest BCUT2D eigenvalue weighted by Gasteiger charge is 2.31. The van der Waals surface area contributed by atoms with Gasteiger partial charge in [-0.2, -0.15) is 13.2 Å². The molecule has 0 atom stereocenters. The average molecular weight is 360 g/mol. The molecule has 1 amide bonds. The summed E-state index contributed by atoms with van der Waals surface area (Å²) in [6.07, 6.45) is -1.29. The van der Waals surface area contributed by atoms with E-state index in [1.807, 2.05) is 6.07 Å². The zero-order valence-electron chi connectivity index (χ0n) is 14.2. The van der Waals surface area contributed by atoms with E-state index in [1.165, 1.54) is 25.0 Å². The lowest BCUT2D eigenvalue weighted by molar-refractivity contribution is -0.137. The molecule has 136 valence electrons. The van der Waals surface area contributed by atoms with Crippen LogP contribution in [-0.2, 0) is 12.6 Å². The summed E-state index contributed by atoms with van der Waals surface area (Å²) in [4.78, 5) is 16.8. The van der Waals surface area contributed by atoms with E-state index in [0.29, 0.717) is 6.54 Å². The van der Waals surface area contributed by atoms with E-state index in [4.69, 9.17) is 0 Å². The molecule has 0 unspecified atom stereocenters. The maximum absolute atomic E-state index is 12.8. The summed E-state index contributed by atoms with van der Waals surface area (Å²) in [7, 11) is 0. The van der Waals surface area contributed by atoms with Gasteiger partial charge in [0, 0.05) is 36.6 Å². The highest BCUT2D eigenvalue weighted by molar-refractivity contribution is 6.07. The summed E-state index contributed by atoms with van der Waals surface area (Å²) in [5.41, 5.74) is 2.62. The van der Waals surface area contributed by atoms with Gasteiger partial charge in [0.25, 0.3) is 5.91 Å². The van der Waals surface area contributed by atoms with Crippen LogP contribution in [0.1, 0.15) is 34.3 Å². The Labute approximate surface area is 150 Å². The topological polar surface area (TPSA) is 23.6 Å². The Morgan fingerprint density at radius 3 is 2.27 bits per heavy atom. The Bertz CT molecular complexity index is 824. The van der Waals surface area contributed by atoms with Gasteiger partial charge in [-0.3, -0.25) is 4.79 Å². The van der Waals surface area contributed by atoms with Crippen molar-refractivity contribution in [3.05, 3.63) is 59.2 Å². The summed E-state index contributed by atoms with van der Waals surface area (Å²) in [6.45, 7) is 2.59. The minimum absolute atomic E-state index is 0.254. The zero-order chi connectivity index (χ0) is 18.3. The minimum Gasteiger partial charge on any atom is -0.371 e. The van der Waals surface area contributed by atoms with Crippen LogP contribution in [-0.4, -0.2) is 25.5 Å². The Hall–Kier alpha value is -2.50. The van der Waals surface area contributed by atoms with E-state index in [-0.39, 0.29) is 11.5 Å². The summed E-state index contributed by atoms with van der Waals surface area (Å²) < 4.78 is 38.1. The molecule has 0 spiro atoms. The van der Waals surface area contributed by atoms with Gasteiger partial charge in [0.2, 0.25) is 0 Å². The van der Waals surface area contributed by atoms with E-state index in [0.717, 1.165) is 48.6 Å². The van der Waals surface area contributed by atoms with Crippen molar-refractivity contribution in [3.63, 3.8) is 0 Å². The second-order valence-corrected chi connectivity index (χ2v) is 6.79. The van der Waals surface area contributed by atoms with Crippen LogP contribution in [0.2, 0.25) is 0 Å². The van der Waals surface area contributed by atoms with Crippen molar-refractivity contribution < 1.29 is 18.0 Å². The third-order valence-electron chi connectivity index (χ3n) is 5.14. The number of hydrogen-bond donors (Lipinski definition) is 0. The molecule has 2 aromatic carbocycles. The largest absolute Gasteiger partial charge is 0.416 e. The monoisotopic (exact) mass is 360 g/mol. The maximum atomic E-state index is 12.8. The molecule has 3 nitrogen and oxygen atoms in total. The quantitative estimate of drug-likeness (QED) is 0.787. The highest BCUT2D eigenvalue weighted by Crippen LogP contribution is 2.35. The van der Waals surface area contributed by atoms with E-state index in [2.05, 4.69) is 17.0 Å². The number of benzene rings is 2.